The lowest BCUT2D eigenvalue weighted by molar-refractivity contribution is 0.0519. The third-order valence-corrected chi connectivity index (χ3v) is 5.43. The molecule has 0 saturated heterocycles. The average molecular weight is 413 g/mol. The summed E-state index contributed by atoms with van der Waals surface area (Å²) >= 11 is 1.34. The number of nitrogens with zero attached hydrogens (tertiary/aromatic N) is 2. The van der Waals surface area contributed by atoms with E-state index in [0.29, 0.717) is 27.7 Å². The molecule has 2 heterocycles. The Kier molecular flexibility index (Phi) is 6.43. The number of methoxy groups -OCH3 is 1. The maximum absolute atomic E-state index is 12.9. The molecule has 7 nitrogen and oxygen atoms in total. The number of ether oxygens (including phenoxy) is 2. The third-order valence-electron chi connectivity index (χ3n) is 4.47. The number of nitrogens with one attached hydrogen (secondary N) is 1. The van der Waals surface area contributed by atoms with Gasteiger partial charge in [-0.25, -0.2) is 9.78 Å². The Bertz CT molecular complexity index is 1040. The highest BCUT2D eigenvalue weighted by atomic mass is 32.2. The normalized spacial score (nSPS) is 10.8. The number of hydrogen-bond donors (Lipinski definition) is 1. The molecule has 0 bridgehead atoms. The largest absolute Gasteiger partial charge is 0.497 e. The lowest BCUT2D eigenvalue weighted by Crippen LogP contribution is -2.09. The summed E-state index contributed by atoms with van der Waals surface area (Å²) in [7, 11) is 1.62. The van der Waals surface area contributed by atoms with Gasteiger partial charge in [0.25, 0.3) is 0 Å². The molecule has 3 rings (SSSR count). The molecule has 1 N–H and O–H groups in total. The molecule has 0 atom stereocenters. The van der Waals surface area contributed by atoms with Crippen LogP contribution in [0.3, 0.4) is 0 Å². The quantitative estimate of drug-likeness (QED) is 0.342. The van der Waals surface area contributed by atoms with Crippen molar-refractivity contribution >= 4 is 23.5 Å². The van der Waals surface area contributed by atoms with Crippen LogP contribution in [0.1, 0.15) is 39.0 Å². The van der Waals surface area contributed by atoms with Gasteiger partial charge in [0.2, 0.25) is 0 Å². The van der Waals surface area contributed by atoms with Gasteiger partial charge in [-0.15, -0.1) is 0 Å². The van der Waals surface area contributed by atoms with Gasteiger partial charge in [0, 0.05) is 29.7 Å². The van der Waals surface area contributed by atoms with Crippen molar-refractivity contribution in [2.24, 2.45) is 0 Å². The summed E-state index contributed by atoms with van der Waals surface area (Å²) < 4.78 is 12.2. The van der Waals surface area contributed by atoms with Gasteiger partial charge in [0.05, 0.1) is 25.2 Å². The van der Waals surface area contributed by atoms with Gasteiger partial charge in [-0.1, -0.05) is 17.8 Å². The summed E-state index contributed by atoms with van der Waals surface area (Å²) in [4.78, 5) is 32.3. The first-order valence-corrected chi connectivity index (χ1v) is 10.1. The molecule has 29 heavy (non-hydrogen) atoms. The first-order valence-electron chi connectivity index (χ1n) is 9.16. The smallest absolute Gasteiger partial charge is 0.355 e. The second-order valence-corrected chi connectivity index (χ2v) is 7.28. The molecule has 0 unspecified atom stereocenters. The van der Waals surface area contributed by atoms with Gasteiger partial charge in [-0.3, -0.25) is 9.36 Å². The van der Waals surface area contributed by atoms with Gasteiger partial charge in [0.1, 0.15) is 11.4 Å². The molecule has 0 radical (unpaired) electrons. The molecular weight excluding hydrogens is 390 g/mol. The molecule has 0 aliphatic carbocycles. The summed E-state index contributed by atoms with van der Waals surface area (Å²) in [5.74, 6) is 0.418. The highest BCUT2D eigenvalue weighted by Gasteiger charge is 2.23. The fourth-order valence-electron chi connectivity index (χ4n) is 3.13. The van der Waals surface area contributed by atoms with Crippen molar-refractivity contribution in [2.45, 2.75) is 25.9 Å². The number of imidazole rings is 1. The molecule has 3 aromatic rings. The molecule has 0 amide bonds. The van der Waals surface area contributed by atoms with E-state index >= 15 is 0 Å². The number of aryl methyl sites for hydroxylation is 1. The van der Waals surface area contributed by atoms with Crippen LogP contribution in [0.15, 0.2) is 41.8 Å². The monoisotopic (exact) mass is 413 g/mol. The molecule has 0 aliphatic heterocycles. The molecule has 2 aromatic heterocycles. The van der Waals surface area contributed by atoms with E-state index < -0.39 is 5.97 Å². The number of carbonyl (C=O) groups excluding carboxylic acids is 2. The number of esters is 1. The molecule has 0 saturated carbocycles. The average Bonchev–Trinajstić information content (AvgIpc) is 3.30. The van der Waals surface area contributed by atoms with E-state index in [1.54, 1.807) is 34.1 Å². The van der Waals surface area contributed by atoms with Crippen molar-refractivity contribution in [2.75, 3.05) is 19.5 Å². The second-order valence-electron chi connectivity index (χ2n) is 6.34. The number of hydrogen-bond acceptors (Lipinski definition) is 6. The number of ketones is 1. The van der Waals surface area contributed by atoms with Crippen LogP contribution in [-0.4, -0.2) is 45.8 Å². The van der Waals surface area contributed by atoms with Crippen LogP contribution in [0.5, 0.6) is 5.75 Å². The highest BCUT2D eigenvalue weighted by Crippen LogP contribution is 2.26. The van der Waals surface area contributed by atoms with Crippen LogP contribution in [0.25, 0.3) is 5.69 Å². The van der Waals surface area contributed by atoms with Gasteiger partial charge in [0.15, 0.2) is 10.9 Å². The molecule has 8 heteroatoms. The summed E-state index contributed by atoms with van der Waals surface area (Å²) in [5.41, 5.74) is 3.03. The number of thioether (sulfide) groups is 1. The van der Waals surface area contributed by atoms with Crippen molar-refractivity contribution < 1.29 is 19.1 Å². The molecule has 0 spiro atoms. The van der Waals surface area contributed by atoms with E-state index in [1.807, 2.05) is 35.0 Å². The van der Waals surface area contributed by atoms with Gasteiger partial charge < -0.3 is 14.5 Å². The zero-order valence-electron chi connectivity index (χ0n) is 16.8. The minimum atomic E-state index is -0.451. The Morgan fingerprint density at radius 3 is 2.79 bits per heavy atom. The topological polar surface area (TPSA) is 86.2 Å². The van der Waals surface area contributed by atoms with Gasteiger partial charge in [-0.2, -0.15) is 0 Å². The molecule has 0 aliphatic rings. The van der Waals surface area contributed by atoms with E-state index in [9.17, 15) is 9.59 Å². The minimum absolute atomic E-state index is 0.0722. The van der Waals surface area contributed by atoms with E-state index in [4.69, 9.17) is 9.47 Å². The van der Waals surface area contributed by atoms with Crippen molar-refractivity contribution in [1.29, 1.82) is 0 Å². The maximum Gasteiger partial charge on any atom is 0.355 e. The fraction of sp³-hybridized carbons (Fsp3) is 0.286. The van der Waals surface area contributed by atoms with E-state index in [-0.39, 0.29) is 18.1 Å². The Morgan fingerprint density at radius 1 is 1.28 bits per heavy atom. The molecule has 1 aromatic carbocycles. The Hall–Kier alpha value is -3.00. The summed E-state index contributed by atoms with van der Waals surface area (Å²) in [6.07, 6.45) is 3.53. The van der Waals surface area contributed by atoms with Crippen molar-refractivity contribution in [3.63, 3.8) is 0 Å². The van der Waals surface area contributed by atoms with Crippen LogP contribution in [-0.2, 0) is 4.74 Å². The van der Waals surface area contributed by atoms with Crippen LogP contribution in [0.2, 0.25) is 0 Å². The number of rotatable bonds is 8. The van der Waals surface area contributed by atoms with Crippen LogP contribution in [0, 0.1) is 13.8 Å². The predicted molar refractivity (Wildman–Crippen MR) is 111 cm³/mol. The predicted octanol–water partition coefficient (Wildman–Crippen LogP) is 3.98. The molecule has 0 fully saturated rings. The SMILES string of the molecule is CCOC(=O)c1[nH]c(C)c(C(=O)CSc2nccn2-c2cccc(OC)c2)c1C. The first kappa shape index (κ1) is 20.7. The Labute approximate surface area is 173 Å². The third kappa shape index (κ3) is 4.37. The second kappa shape index (κ2) is 9.00. The number of carbonyl (C=O) groups is 2. The zero-order chi connectivity index (χ0) is 21.0. The lowest BCUT2D eigenvalue weighted by Gasteiger charge is -2.09. The van der Waals surface area contributed by atoms with Crippen LogP contribution in [0.4, 0.5) is 0 Å². The zero-order valence-corrected chi connectivity index (χ0v) is 17.6. The summed E-state index contributed by atoms with van der Waals surface area (Å²) in [6, 6.07) is 7.62. The van der Waals surface area contributed by atoms with E-state index in [1.165, 1.54) is 11.8 Å². The number of H-pyrrole nitrogens is 1. The standard InChI is InChI=1S/C21H23N3O4S/c1-5-28-20(26)19-13(2)18(14(3)23-19)17(25)12-29-21-22-9-10-24(21)15-7-6-8-16(11-15)27-4/h6-11,23H,5,12H2,1-4H3. The van der Waals surface area contributed by atoms with Crippen LogP contribution >= 0.6 is 11.8 Å². The Balaban J connectivity index is 1.77. The van der Waals surface area contributed by atoms with Crippen molar-refractivity contribution in [3.8, 4) is 11.4 Å². The van der Waals surface area contributed by atoms with E-state index in [0.717, 1.165) is 11.4 Å². The van der Waals surface area contributed by atoms with Gasteiger partial charge in [-0.05, 0) is 38.5 Å². The fourth-order valence-corrected chi connectivity index (χ4v) is 3.98. The van der Waals surface area contributed by atoms with Crippen LogP contribution < -0.4 is 4.74 Å². The first-order chi connectivity index (χ1) is 14.0. The van der Waals surface area contributed by atoms with Crippen molar-refractivity contribution in [1.82, 2.24) is 14.5 Å². The van der Waals surface area contributed by atoms with Crippen molar-refractivity contribution in [3.05, 3.63) is 59.2 Å². The number of aromatic nitrogens is 3. The summed E-state index contributed by atoms with van der Waals surface area (Å²) in [6.45, 7) is 5.56. The lowest BCUT2D eigenvalue weighted by atomic mass is 10.1. The maximum atomic E-state index is 12.9. The highest BCUT2D eigenvalue weighted by molar-refractivity contribution is 7.99. The Morgan fingerprint density at radius 2 is 2.07 bits per heavy atom. The number of benzene rings is 1. The molecule has 152 valence electrons. The minimum Gasteiger partial charge on any atom is -0.497 e. The van der Waals surface area contributed by atoms with Gasteiger partial charge >= 0.3 is 5.97 Å². The number of aromatic amines is 1. The number of Topliss-reactive ketones (excluding diaryl/α,β-unsaturated/α-hetero) is 1. The summed E-state index contributed by atoms with van der Waals surface area (Å²) in [5, 5.41) is 0.697. The molecular formula is C21H23N3O4S. The van der Waals surface area contributed by atoms with E-state index in [2.05, 4.69) is 9.97 Å².